The Kier molecular flexibility index (Phi) is 4.03. The van der Waals surface area contributed by atoms with Crippen LogP contribution in [0, 0.1) is 11.3 Å². The molecule has 1 N–H and O–H groups in total. The molecule has 2 aromatic carbocycles. The van der Waals surface area contributed by atoms with Crippen LogP contribution in [0.15, 0.2) is 36.4 Å². The lowest BCUT2D eigenvalue weighted by Crippen LogP contribution is -2.27. The quantitative estimate of drug-likeness (QED) is 0.909. The number of ether oxygens (including phenoxy) is 1. The molecule has 0 bridgehead atoms. The van der Waals surface area contributed by atoms with Gasteiger partial charge < -0.3 is 4.74 Å². The van der Waals surface area contributed by atoms with E-state index in [0.29, 0.717) is 0 Å². The number of hydrogen-bond donors (Lipinski definition) is 1. The monoisotopic (exact) mass is 254 g/mol. The molecule has 0 aliphatic heterocycles. The lowest BCUT2D eigenvalue weighted by atomic mass is 9.97. The molecule has 0 aliphatic rings. The average Bonchev–Trinajstić information content (AvgIpc) is 2.43. The van der Waals surface area contributed by atoms with Gasteiger partial charge >= 0.3 is 0 Å². The van der Waals surface area contributed by atoms with Gasteiger partial charge in [-0.1, -0.05) is 30.3 Å². The lowest BCUT2D eigenvalue weighted by Gasteiger charge is -2.19. The van der Waals surface area contributed by atoms with Gasteiger partial charge in [-0.2, -0.15) is 5.26 Å². The summed E-state index contributed by atoms with van der Waals surface area (Å²) in [5.41, 5.74) is 0.914. The molecular formula is C16H18N2O. The molecule has 0 aromatic heterocycles. The van der Waals surface area contributed by atoms with Crippen molar-refractivity contribution in [3.05, 3.63) is 42.0 Å². The Labute approximate surface area is 113 Å². The highest BCUT2D eigenvalue weighted by Crippen LogP contribution is 2.33. The van der Waals surface area contributed by atoms with Crippen LogP contribution in [0.25, 0.3) is 10.8 Å². The summed E-state index contributed by atoms with van der Waals surface area (Å²) in [6.07, 6.45) is 0. The molecule has 98 valence electrons. The van der Waals surface area contributed by atoms with Gasteiger partial charge in [0.2, 0.25) is 0 Å². The van der Waals surface area contributed by atoms with Crippen molar-refractivity contribution in [1.29, 1.82) is 5.26 Å². The maximum atomic E-state index is 9.44. The van der Waals surface area contributed by atoms with E-state index in [0.717, 1.165) is 22.1 Å². The topological polar surface area (TPSA) is 45.0 Å². The summed E-state index contributed by atoms with van der Waals surface area (Å²) in [5.74, 6) is 0.749. The summed E-state index contributed by atoms with van der Waals surface area (Å²) in [7, 11) is 1.64. The first-order chi connectivity index (χ1) is 9.17. The van der Waals surface area contributed by atoms with Crippen LogP contribution >= 0.6 is 0 Å². The molecule has 3 heteroatoms. The zero-order chi connectivity index (χ0) is 13.8. The predicted octanol–water partition coefficient (Wildman–Crippen LogP) is 3.41. The molecule has 0 aliphatic carbocycles. The first kappa shape index (κ1) is 13.4. The second-order valence-electron chi connectivity index (χ2n) is 4.79. The number of nitriles is 1. The van der Waals surface area contributed by atoms with Crippen LogP contribution in [0.2, 0.25) is 0 Å². The van der Waals surface area contributed by atoms with Crippen LogP contribution in [-0.4, -0.2) is 13.2 Å². The molecule has 1 atom stereocenters. The van der Waals surface area contributed by atoms with E-state index < -0.39 is 0 Å². The molecular weight excluding hydrogens is 236 g/mol. The van der Waals surface area contributed by atoms with Crippen LogP contribution < -0.4 is 10.1 Å². The lowest BCUT2D eigenvalue weighted by molar-refractivity contribution is 0.404. The van der Waals surface area contributed by atoms with Gasteiger partial charge in [-0.15, -0.1) is 0 Å². The standard InChI is InChI=1S/C16H18N2O/c1-11(2)18-14(10-17)16-13-7-5-4-6-12(13)8-9-15(16)19-3/h4-9,11,14,18H,1-3H3. The van der Waals surface area contributed by atoms with E-state index >= 15 is 0 Å². The smallest absolute Gasteiger partial charge is 0.125 e. The van der Waals surface area contributed by atoms with E-state index in [2.05, 4.69) is 11.4 Å². The van der Waals surface area contributed by atoms with Crippen LogP contribution in [0.1, 0.15) is 25.5 Å². The fourth-order valence-electron chi connectivity index (χ4n) is 2.27. The van der Waals surface area contributed by atoms with Crippen molar-refractivity contribution in [3.8, 4) is 11.8 Å². The van der Waals surface area contributed by atoms with Crippen molar-refractivity contribution in [3.63, 3.8) is 0 Å². The largest absolute Gasteiger partial charge is 0.496 e. The van der Waals surface area contributed by atoms with E-state index in [1.54, 1.807) is 7.11 Å². The van der Waals surface area contributed by atoms with Crippen LogP contribution in [-0.2, 0) is 0 Å². The molecule has 0 saturated heterocycles. The highest BCUT2D eigenvalue weighted by molar-refractivity contribution is 5.88. The summed E-state index contributed by atoms with van der Waals surface area (Å²) in [6.45, 7) is 4.06. The summed E-state index contributed by atoms with van der Waals surface area (Å²) < 4.78 is 5.43. The minimum Gasteiger partial charge on any atom is -0.496 e. The minimum atomic E-state index is -0.374. The zero-order valence-electron chi connectivity index (χ0n) is 11.5. The van der Waals surface area contributed by atoms with E-state index in [1.165, 1.54) is 0 Å². The molecule has 3 nitrogen and oxygen atoms in total. The Hall–Kier alpha value is -2.05. The molecule has 0 radical (unpaired) electrons. The van der Waals surface area contributed by atoms with Crippen molar-refractivity contribution in [2.75, 3.05) is 7.11 Å². The Bertz CT molecular complexity index is 614. The van der Waals surface area contributed by atoms with Gasteiger partial charge in [0.05, 0.1) is 13.2 Å². The third-order valence-corrected chi connectivity index (χ3v) is 3.07. The molecule has 2 aromatic rings. The fourth-order valence-corrected chi connectivity index (χ4v) is 2.27. The zero-order valence-corrected chi connectivity index (χ0v) is 11.5. The van der Waals surface area contributed by atoms with Crippen LogP contribution in [0.4, 0.5) is 0 Å². The van der Waals surface area contributed by atoms with Crippen molar-refractivity contribution in [2.45, 2.75) is 25.9 Å². The van der Waals surface area contributed by atoms with Gasteiger partial charge in [0, 0.05) is 11.6 Å². The Balaban J connectivity index is 2.64. The molecule has 0 amide bonds. The summed E-state index contributed by atoms with van der Waals surface area (Å²) >= 11 is 0. The van der Waals surface area contributed by atoms with Crippen molar-refractivity contribution >= 4 is 10.8 Å². The normalized spacial score (nSPS) is 12.4. The number of nitrogens with one attached hydrogen (secondary N) is 1. The summed E-state index contributed by atoms with van der Waals surface area (Å²) in [6, 6.07) is 14.2. The Morgan fingerprint density at radius 1 is 1.16 bits per heavy atom. The van der Waals surface area contributed by atoms with Crippen molar-refractivity contribution in [2.24, 2.45) is 0 Å². The first-order valence-corrected chi connectivity index (χ1v) is 6.38. The van der Waals surface area contributed by atoms with Crippen LogP contribution in [0.3, 0.4) is 0 Å². The second kappa shape index (κ2) is 5.73. The molecule has 0 fully saturated rings. The highest BCUT2D eigenvalue weighted by atomic mass is 16.5. The van der Waals surface area contributed by atoms with Gasteiger partial charge in [0.25, 0.3) is 0 Å². The van der Waals surface area contributed by atoms with Crippen molar-refractivity contribution in [1.82, 2.24) is 5.32 Å². The fraction of sp³-hybridized carbons (Fsp3) is 0.312. The van der Waals surface area contributed by atoms with Gasteiger partial charge in [-0.05, 0) is 30.7 Å². The molecule has 19 heavy (non-hydrogen) atoms. The number of rotatable bonds is 4. The summed E-state index contributed by atoms with van der Waals surface area (Å²) in [5, 5.41) is 14.9. The highest BCUT2D eigenvalue weighted by Gasteiger charge is 2.19. The van der Waals surface area contributed by atoms with E-state index in [9.17, 15) is 5.26 Å². The third kappa shape index (κ3) is 2.69. The van der Waals surface area contributed by atoms with Gasteiger partial charge in [0.1, 0.15) is 11.8 Å². The number of fused-ring (bicyclic) bond motifs is 1. The molecule has 0 spiro atoms. The SMILES string of the molecule is COc1ccc2ccccc2c1C(C#N)NC(C)C. The maximum Gasteiger partial charge on any atom is 0.125 e. The van der Waals surface area contributed by atoms with E-state index in [-0.39, 0.29) is 12.1 Å². The number of methoxy groups -OCH3 is 1. The molecule has 2 rings (SSSR count). The second-order valence-corrected chi connectivity index (χ2v) is 4.79. The van der Waals surface area contributed by atoms with Gasteiger partial charge in [-0.25, -0.2) is 0 Å². The third-order valence-electron chi connectivity index (χ3n) is 3.07. The summed E-state index contributed by atoms with van der Waals surface area (Å²) in [4.78, 5) is 0. The average molecular weight is 254 g/mol. The van der Waals surface area contributed by atoms with E-state index in [1.807, 2.05) is 50.2 Å². The molecule has 0 saturated carbocycles. The van der Waals surface area contributed by atoms with E-state index in [4.69, 9.17) is 4.74 Å². The van der Waals surface area contributed by atoms with Crippen LogP contribution in [0.5, 0.6) is 5.75 Å². The predicted molar refractivity (Wildman–Crippen MR) is 77.1 cm³/mol. The Morgan fingerprint density at radius 2 is 1.89 bits per heavy atom. The number of nitrogens with zero attached hydrogens (tertiary/aromatic N) is 1. The molecule has 0 heterocycles. The maximum absolute atomic E-state index is 9.44. The number of benzene rings is 2. The van der Waals surface area contributed by atoms with Gasteiger partial charge in [-0.3, -0.25) is 5.32 Å². The Morgan fingerprint density at radius 3 is 2.53 bits per heavy atom. The van der Waals surface area contributed by atoms with Crippen molar-refractivity contribution < 1.29 is 4.74 Å². The minimum absolute atomic E-state index is 0.230. The molecule has 1 unspecified atom stereocenters. The van der Waals surface area contributed by atoms with Gasteiger partial charge in [0.15, 0.2) is 0 Å². The number of hydrogen-bond acceptors (Lipinski definition) is 3. The first-order valence-electron chi connectivity index (χ1n) is 6.38.